The molecule has 6 fully saturated rings. The number of carboxylic acid groups (broad SMARTS) is 1. The number of hydrogen-bond acceptors (Lipinski definition) is 17. The van der Waals surface area contributed by atoms with Crippen LogP contribution in [0.4, 0.5) is 0 Å². The number of aliphatic carboxylic acids is 1. The fourth-order valence-electron chi connectivity index (χ4n) is 11.9. The predicted octanol–water partition coefficient (Wildman–Crippen LogP) is -1.74. The van der Waals surface area contributed by atoms with Gasteiger partial charge in [-0.25, -0.2) is 0 Å². The summed E-state index contributed by atoms with van der Waals surface area (Å²) < 4.78 is 36.7. The number of aliphatic hydroxyl groups excluding tert-OH is 10. The molecule has 4 aliphatic carbocycles. The van der Waals surface area contributed by atoms with Gasteiger partial charge in [0, 0.05) is 0 Å². The number of hydrogen-bond donors (Lipinski definition) is 11. The van der Waals surface area contributed by atoms with Crippen LogP contribution < -0.4 is 0 Å². The van der Waals surface area contributed by atoms with E-state index in [1.54, 1.807) is 0 Å². The fourth-order valence-corrected chi connectivity index (χ4v) is 11.9. The topological polar surface area (TPSA) is 295 Å². The normalized spacial score (nSPS) is 53.6. The van der Waals surface area contributed by atoms with E-state index in [2.05, 4.69) is 13.0 Å². The third kappa shape index (κ3) is 7.22. The first-order chi connectivity index (χ1) is 26.4. The molecule has 7 rings (SSSR count). The fraction of sp³-hybridized carbons (Fsp3) is 0.923. The van der Waals surface area contributed by atoms with Crippen LogP contribution in [0, 0.1) is 28.1 Å². The Hall–Kier alpha value is -1.43. The molecule has 15 unspecified atom stereocenters. The summed E-state index contributed by atoms with van der Waals surface area (Å²) in [5, 5.41) is 116. The lowest BCUT2D eigenvalue weighted by molar-refractivity contribution is -0.400. The highest BCUT2D eigenvalue weighted by molar-refractivity contribution is 5.75. The first-order valence-corrected chi connectivity index (χ1v) is 19.9. The Morgan fingerprint density at radius 2 is 1.19 bits per heavy atom. The van der Waals surface area contributed by atoms with E-state index in [0.717, 1.165) is 24.8 Å². The van der Waals surface area contributed by atoms with Gasteiger partial charge in [-0.15, -0.1) is 0 Å². The van der Waals surface area contributed by atoms with E-state index in [-0.39, 0.29) is 30.1 Å². The van der Waals surface area contributed by atoms with Crippen molar-refractivity contribution < 1.29 is 89.4 Å². The van der Waals surface area contributed by atoms with Gasteiger partial charge in [0.2, 0.25) is 0 Å². The Bertz CT molecular complexity index is 1460. The van der Waals surface area contributed by atoms with Gasteiger partial charge in [-0.05, 0) is 87.0 Å². The molecule has 11 N–H and O–H groups in total. The van der Waals surface area contributed by atoms with Gasteiger partial charge in [0.15, 0.2) is 18.9 Å². The number of carboxylic acids is 1. The van der Waals surface area contributed by atoms with Crippen molar-refractivity contribution >= 4 is 5.97 Å². The number of fused-ring (bicyclic) bond motifs is 3. The van der Waals surface area contributed by atoms with Crippen molar-refractivity contribution in [3.63, 3.8) is 0 Å². The maximum absolute atomic E-state index is 12.7. The third-order valence-corrected chi connectivity index (χ3v) is 14.9. The van der Waals surface area contributed by atoms with Crippen LogP contribution in [0.1, 0.15) is 79.6 Å². The lowest BCUT2D eigenvalue weighted by atomic mass is 9.40. The van der Waals surface area contributed by atoms with Crippen molar-refractivity contribution in [3.05, 3.63) is 11.6 Å². The van der Waals surface area contributed by atoms with Crippen LogP contribution in [0.25, 0.3) is 0 Å². The predicted molar refractivity (Wildman–Crippen MR) is 194 cm³/mol. The standard InChI is InChI=1S/C38H60O18.CH4/c1-16-11-37-9-5-20-35(2,7-4-8-36(20,3)34(49)50)21(37)6-10-38(16,15-37)56-33-30(55-32-28(48)26(46)23(43)18(13-40)52-32)29(24(44)19(14-41)53-33)54-31-27(47)25(45)22(42)17(12-39)51-31;/h11,17-33,39-48H,4-10,12-15H2,1-3H3,(H,49,50);1H4/t17?,18?,19?,20-,21-,22?,23?,24?,25?,26?,27?,28?,29?,30?,31?,32?,33?,35+,36+,37+,38-;/m0./s1. The van der Waals surface area contributed by atoms with E-state index >= 15 is 0 Å². The molecular weight excluding hydrogens is 756 g/mol. The number of aliphatic hydroxyl groups is 10. The van der Waals surface area contributed by atoms with Crippen LogP contribution in [0.5, 0.6) is 0 Å². The Morgan fingerprint density at radius 1 is 0.684 bits per heavy atom. The van der Waals surface area contributed by atoms with Crippen LogP contribution in [-0.4, -0.2) is 180 Å². The smallest absolute Gasteiger partial charge is 0.309 e. The summed E-state index contributed by atoms with van der Waals surface area (Å²) in [5.41, 5.74) is -1.51. The van der Waals surface area contributed by atoms with Crippen LogP contribution in [0.15, 0.2) is 11.6 Å². The Morgan fingerprint density at radius 3 is 1.74 bits per heavy atom. The highest BCUT2D eigenvalue weighted by Crippen LogP contribution is 2.72. The molecule has 57 heavy (non-hydrogen) atoms. The molecule has 0 radical (unpaired) electrons. The van der Waals surface area contributed by atoms with Crippen molar-refractivity contribution in [2.45, 2.75) is 177 Å². The van der Waals surface area contributed by atoms with E-state index in [4.69, 9.17) is 28.4 Å². The van der Waals surface area contributed by atoms with Crippen molar-refractivity contribution in [1.82, 2.24) is 0 Å². The van der Waals surface area contributed by atoms with E-state index in [0.29, 0.717) is 32.1 Å². The van der Waals surface area contributed by atoms with Crippen molar-refractivity contribution in [3.8, 4) is 0 Å². The zero-order valence-electron chi connectivity index (χ0n) is 31.9. The van der Waals surface area contributed by atoms with Gasteiger partial charge in [0.1, 0.15) is 73.2 Å². The van der Waals surface area contributed by atoms with E-state index in [9.17, 15) is 61.0 Å². The SMILES string of the molecule is C.CC1=C[C@@]23CC[C@H]4[C@@](C)(CCC[C@@]4(C)C(=O)O)[C@@H]2CC[C@]1(OC1OC(CO)C(O)C(OC2OC(CO)C(O)C(O)C2O)C1OC1OC(CO)C(O)C(O)C1O)C3. The van der Waals surface area contributed by atoms with Crippen molar-refractivity contribution in [2.75, 3.05) is 19.8 Å². The van der Waals surface area contributed by atoms with Gasteiger partial charge >= 0.3 is 5.97 Å². The molecule has 2 bridgehead atoms. The van der Waals surface area contributed by atoms with E-state index < -0.39 is 129 Å². The summed E-state index contributed by atoms with van der Waals surface area (Å²) in [6, 6.07) is 0. The minimum Gasteiger partial charge on any atom is -0.481 e. The highest BCUT2D eigenvalue weighted by Gasteiger charge is 2.68. The summed E-state index contributed by atoms with van der Waals surface area (Å²) in [4.78, 5) is 12.7. The maximum Gasteiger partial charge on any atom is 0.309 e. The molecule has 18 nitrogen and oxygen atoms in total. The summed E-state index contributed by atoms with van der Waals surface area (Å²) >= 11 is 0. The lowest BCUT2D eigenvalue weighted by Crippen LogP contribution is -2.68. The molecule has 1 spiro atoms. The zero-order valence-corrected chi connectivity index (χ0v) is 31.9. The summed E-state index contributed by atoms with van der Waals surface area (Å²) in [5.74, 6) is -0.619. The van der Waals surface area contributed by atoms with Gasteiger partial charge in [0.05, 0.1) is 30.8 Å². The average Bonchev–Trinajstić information content (AvgIpc) is 3.36. The van der Waals surface area contributed by atoms with Crippen LogP contribution in [-0.2, 0) is 33.2 Å². The monoisotopic (exact) mass is 820 g/mol. The molecule has 0 aromatic rings. The number of ether oxygens (including phenoxy) is 6. The molecule has 3 saturated heterocycles. The Labute approximate surface area is 331 Å². The zero-order chi connectivity index (χ0) is 40.7. The second-order valence-electron chi connectivity index (χ2n) is 17.9. The largest absolute Gasteiger partial charge is 0.481 e. The molecule has 18 heteroatoms. The molecule has 0 aromatic heterocycles. The molecule has 0 amide bonds. The maximum atomic E-state index is 12.7. The van der Waals surface area contributed by atoms with E-state index in [1.165, 1.54) is 0 Å². The molecule has 21 atom stereocenters. The van der Waals surface area contributed by atoms with Crippen LogP contribution in [0.2, 0.25) is 0 Å². The van der Waals surface area contributed by atoms with Crippen molar-refractivity contribution in [2.24, 2.45) is 28.1 Å². The van der Waals surface area contributed by atoms with Gasteiger partial charge in [-0.3, -0.25) is 4.79 Å². The minimum atomic E-state index is -1.91. The van der Waals surface area contributed by atoms with E-state index in [1.807, 2.05) is 13.8 Å². The number of carbonyl (C=O) groups is 1. The van der Waals surface area contributed by atoms with Gasteiger partial charge < -0.3 is 84.6 Å². The highest BCUT2D eigenvalue weighted by atomic mass is 16.8. The quantitative estimate of drug-likeness (QED) is 0.0862. The second-order valence-corrected chi connectivity index (χ2v) is 17.9. The average molecular weight is 821 g/mol. The molecule has 0 aromatic carbocycles. The molecule has 3 aliphatic heterocycles. The molecule has 3 heterocycles. The minimum absolute atomic E-state index is 0. The Balaban J connectivity index is 0.00000549. The van der Waals surface area contributed by atoms with Gasteiger partial charge in [-0.1, -0.05) is 26.8 Å². The number of allylic oxidation sites excluding steroid dienone is 1. The summed E-state index contributed by atoms with van der Waals surface area (Å²) in [6.45, 7) is 3.77. The van der Waals surface area contributed by atoms with Gasteiger partial charge in [-0.2, -0.15) is 0 Å². The van der Waals surface area contributed by atoms with Crippen LogP contribution in [0.3, 0.4) is 0 Å². The number of rotatable bonds is 10. The first-order valence-electron chi connectivity index (χ1n) is 19.9. The Kier molecular flexibility index (Phi) is 13.0. The second kappa shape index (κ2) is 16.4. The van der Waals surface area contributed by atoms with Gasteiger partial charge in [0.25, 0.3) is 0 Å². The molecule has 7 aliphatic rings. The molecular formula is C39H64O18. The van der Waals surface area contributed by atoms with Crippen molar-refractivity contribution in [1.29, 1.82) is 0 Å². The third-order valence-electron chi connectivity index (χ3n) is 14.9. The lowest BCUT2D eigenvalue weighted by Gasteiger charge is -2.64. The molecule has 3 saturated carbocycles. The van der Waals surface area contributed by atoms with Crippen LogP contribution >= 0.6 is 0 Å². The summed E-state index contributed by atoms with van der Waals surface area (Å²) in [7, 11) is 0. The summed E-state index contributed by atoms with van der Waals surface area (Å²) in [6.07, 6.45) is -17.5. The first kappa shape index (κ1) is 45.1. The molecule has 328 valence electrons.